The molecule has 0 aliphatic rings. The molecule has 32 heavy (non-hydrogen) atoms. The molecular weight excluding hydrogens is 422 g/mol. The number of aromatic nitrogens is 3. The van der Waals surface area contributed by atoms with Crippen LogP contribution in [0.3, 0.4) is 0 Å². The van der Waals surface area contributed by atoms with Crippen LogP contribution < -0.4 is 15.8 Å². The second kappa shape index (κ2) is 9.70. The van der Waals surface area contributed by atoms with Gasteiger partial charge in [0.25, 0.3) is 5.91 Å². The molecule has 0 unspecified atom stereocenters. The number of carbonyl (C=O) groups is 1. The van der Waals surface area contributed by atoms with Crippen molar-refractivity contribution in [1.82, 2.24) is 19.9 Å². The van der Waals surface area contributed by atoms with Crippen molar-refractivity contribution >= 4 is 30.8 Å². The summed E-state index contributed by atoms with van der Waals surface area (Å²) in [5, 5.41) is 2.92. The molecule has 9 heteroatoms. The molecule has 0 atom stereocenters. The number of amides is 1. The first-order valence-corrected chi connectivity index (χ1v) is 14.5. The standard InChI is InChI=1S/C23H33N5O3Si/c1-15(2)26-23(29)18-13-28(14-30-9-10-32(4,5)6)22-21(18)27-20(12-25-22)31-17-8-7-16(3)19(24)11-17/h7-8,11-13,15H,9-10,14,24H2,1-6H3,(H,26,29). The van der Waals surface area contributed by atoms with E-state index in [9.17, 15) is 4.79 Å². The van der Waals surface area contributed by atoms with Crippen molar-refractivity contribution < 1.29 is 14.3 Å². The van der Waals surface area contributed by atoms with Gasteiger partial charge in [0.15, 0.2) is 5.65 Å². The Morgan fingerprint density at radius 3 is 2.69 bits per heavy atom. The van der Waals surface area contributed by atoms with Gasteiger partial charge in [0.2, 0.25) is 5.88 Å². The molecule has 0 fully saturated rings. The van der Waals surface area contributed by atoms with Crippen molar-refractivity contribution in [2.45, 2.75) is 59.2 Å². The maximum absolute atomic E-state index is 12.8. The molecule has 0 saturated carbocycles. The number of nitrogens with two attached hydrogens (primary N) is 1. The summed E-state index contributed by atoms with van der Waals surface area (Å²) in [6, 6.07) is 6.51. The lowest BCUT2D eigenvalue weighted by Gasteiger charge is -2.15. The van der Waals surface area contributed by atoms with E-state index in [2.05, 4.69) is 34.9 Å². The summed E-state index contributed by atoms with van der Waals surface area (Å²) in [4.78, 5) is 21.9. The van der Waals surface area contributed by atoms with Gasteiger partial charge in [-0.1, -0.05) is 25.7 Å². The van der Waals surface area contributed by atoms with E-state index in [-0.39, 0.29) is 17.8 Å². The fraction of sp³-hybridized carbons (Fsp3) is 0.435. The average molecular weight is 456 g/mol. The van der Waals surface area contributed by atoms with Crippen molar-refractivity contribution in [2.75, 3.05) is 12.3 Å². The lowest BCUT2D eigenvalue weighted by molar-refractivity contribution is 0.0890. The van der Waals surface area contributed by atoms with Gasteiger partial charge >= 0.3 is 0 Å². The summed E-state index contributed by atoms with van der Waals surface area (Å²) in [5.41, 5.74) is 9.06. The Hall–Kier alpha value is -2.91. The van der Waals surface area contributed by atoms with Gasteiger partial charge in [-0.25, -0.2) is 9.97 Å². The SMILES string of the molecule is Cc1ccc(Oc2cnc3c(n2)c(C(=O)NC(C)C)cn3COCC[Si](C)(C)C)cc1N. The van der Waals surface area contributed by atoms with E-state index < -0.39 is 8.07 Å². The zero-order chi connectivity index (χ0) is 23.5. The van der Waals surface area contributed by atoms with Crippen LogP contribution >= 0.6 is 0 Å². The Kier molecular flexibility index (Phi) is 7.20. The third kappa shape index (κ3) is 6.07. The van der Waals surface area contributed by atoms with E-state index in [0.717, 1.165) is 11.6 Å². The molecule has 0 aliphatic carbocycles. The molecule has 2 heterocycles. The second-order valence-corrected chi connectivity index (χ2v) is 15.1. The Morgan fingerprint density at radius 2 is 2.03 bits per heavy atom. The first-order chi connectivity index (χ1) is 15.0. The number of rotatable bonds is 9. The zero-order valence-corrected chi connectivity index (χ0v) is 20.7. The van der Waals surface area contributed by atoms with Crippen molar-refractivity contribution in [3.63, 3.8) is 0 Å². The largest absolute Gasteiger partial charge is 0.437 e. The van der Waals surface area contributed by atoms with Crippen molar-refractivity contribution in [3.05, 3.63) is 41.7 Å². The van der Waals surface area contributed by atoms with Gasteiger partial charge in [-0.2, -0.15) is 0 Å². The normalized spacial score (nSPS) is 11.8. The lowest BCUT2D eigenvalue weighted by Crippen LogP contribution is -2.30. The van der Waals surface area contributed by atoms with Gasteiger partial charge in [-0.3, -0.25) is 4.79 Å². The van der Waals surface area contributed by atoms with Gasteiger partial charge in [-0.05, 0) is 38.4 Å². The zero-order valence-electron chi connectivity index (χ0n) is 19.7. The van der Waals surface area contributed by atoms with Gasteiger partial charge in [0, 0.05) is 38.7 Å². The van der Waals surface area contributed by atoms with Gasteiger partial charge in [0.1, 0.15) is 18.0 Å². The van der Waals surface area contributed by atoms with Crippen molar-refractivity contribution in [1.29, 1.82) is 0 Å². The third-order valence-corrected chi connectivity index (χ3v) is 6.61. The van der Waals surface area contributed by atoms with Crippen LogP contribution in [0, 0.1) is 6.92 Å². The van der Waals surface area contributed by atoms with Crippen LogP contribution in [-0.4, -0.2) is 41.2 Å². The summed E-state index contributed by atoms with van der Waals surface area (Å²) in [5.74, 6) is 0.637. The van der Waals surface area contributed by atoms with Crippen LogP contribution in [-0.2, 0) is 11.5 Å². The highest BCUT2D eigenvalue weighted by molar-refractivity contribution is 6.76. The summed E-state index contributed by atoms with van der Waals surface area (Å²) < 4.78 is 13.6. The summed E-state index contributed by atoms with van der Waals surface area (Å²) >= 11 is 0. The number of aryl methyl sites for hydroxylation is 1. The number of hydrogen-bond acceptors (Lipinski definition) is 6. The Morgan fingerprint density at radius 1 is 1.28 bits per heavy atom. The quantitative estimate of drug-likeness (QED) is 0.278. The number of ether oxygens (including phenoxy) is 2. The molecule has 0 spiro atoms. The van der Waals surface area contributed by atoms with E-state index in [0.29, 0.717) is 41.5 Å². The first-order valence-electron chi connectivity index (χ1n) is 10.8. The van der Waals surface area contributed by atoms with Crippen LogP contribution in [0.1, 0.15) is 29.8 Å². The number of carbonyl (C=O) groups excluding carboxylic acids is 1. The number of hydrogen-bond donors (Lipinski definition) is 2. The Balaban J connectivity index is 1.89. The summed E-state index contributed by atoms with van der Waals surface area (Å²) in [7, 11) is -1.18. The first kappa shape index (κ1) is 23.7. The number of nitrogens with one attached hydrogen (secondary N) is 1. The molecule has 8 nitrogen and oxygen atoms in total. The average Bonchev–Trinajstić information content (AvgIpc) is 3.05. The molecule has 3 aromatic rings. The lowest BCUT2D eigenvalue weighted by atomic mass is 10.2. The minimum absolute atomic E-state index is 0.00294. The van der Waals surface area contributed by atoms with Gasteiger partial charge < -0.3 is 25.1 Å². The fourth-order valence-electron chi connectivity index (χ4n) is 3.03. The highest BCUT2D eigenvalue weighted by Crippen LogP contribution is 2.26. The minimum atomic E-state index is -1.18. The predicted molar refractivity (Wildman–Crippen MR) is 130 cm³/mol. The number of nitrogens with zero attached hydrogens (tertiary/aromatic N) is 3. The smallest absolute Gasteiger partial charge is 0.255 e. The van der Waals surface area contributed by atoms with Gasteiger partial charge in [-0.15, -0.1) is 0 Å². The molecule has 1 amide bonds. The van der Waals surface area contributed by atoms with Crippen LogP contribution in [0.2, 0.25) is 25.7 Å². The van der Waals surface area contributed by atoms with Crippen LogP contribution in [0.15, 0.2) is 30.6 Å². The summed E-state index contributed by atoms with van der Waals surface area (Å²) in [6.45, 7) is 13.7. The molecule has 0 radical (unpaired) electrons. The second-order valence-electron chi connectivity index (χ2n) is 9.49. The summed E-state index contributed by atoms with van der Waals surface area (Å²) in [6.07, 6.45) is 3.28. The van der Waals surface area contributed by atoms with E-state index in [1.54, 1.807) is 18.5 Å². The Labute approximate surface area is 190 Å². The number of nitrogen functional groups attached to an aromatic ring is 1. The van der Waals surface area contributed by atoms with Crippen molar-refractivity contribution in [2.24, 2.45) is 0 Å². The van der Waals surface area contributed by atoms with Gasteiger partial charge in [0.05, 0.1) is 11.8 Å². The molecule has 3 N–H and O–H groups in total. The number of fused-ring (bicyclic) bond motifs is 1. The maximum atomic E-state index is 12.8. The molecule has 2 aromatic heterocycles. The number of benzene rings is 1. The van der Waals surface area contributed by atoms with E-state index in [1.807, 2.05) is 37.5 Å². The topological polar surface area (TPSA) is 104 Å². The van der Waals surface area contributed by atoms with Crippen LogP contribution in [0.5, 0.6) is 11.6 Å². The monoisotopic (exact) mass is 455 g/mol. The highest BCUT2D eigenvalue weighted by Gasteiger charge is 2.20. The van der Waals surface area contributed by atoms with E-state index in [4.69, 9.17) is 15.2 Å². The minimum Gasteiger partial charge on any atom is -0.437 e. The van der Waals surface area contributed by atoms with Crippen LogP contribution in [0.4, 0.5) is 5.69 Å². The van der Waals surface area contributed by atoms with E-state index >= 15 is 0 Å². The molecule has 0 saturated heterocycles. The molecule has 1 aromatic carbocycles. The molecule has 0 bridgehead atoms. The third-order valence-electron chi connectivity index (χ3n) is 4.91. The highest BCUT2D eigenvalue weighted by atomic mass is 28.3. The Bertz CT molecular complexity index is 1100. The van der Waals surface area contributed by atoms with Crippen LogP contribution in [0.25, 0.3) is 11.2 Å². The fourth-order valence-corrected chi connectivity index (χ4v) is 3.79. The van der Waals surface area contributed by atoms with Crippen molar-refractivity contribution in [3.8, 4) is 11.6 Å². The molecular formula is C23H33N5O3Si. The predicted octanol–water partition coefficient (Wildman–Crippen LogP) is 4.56. The molecule has 0 aliphatic heterocycles. The number of anilines is 1. The van der Waals surface area contributed by atoms with E-state index in [1.165, 1.54) is 0 Å². The molecule has 3 rings (SSSR count). The molecule has 172 valence electrons. The maximum Gasteiger partial charge on any atom is 0.255 e.